The minimum absolute atomic E-state index is 0.0802. The van der Waals surface area contributed by atoms with Gasteiger partial charge in [0, 0.05) is 22.9 Å². The van der Waals surface area contributed by atoms with Crippen LogP contribution in [0.2, 0.25) is 0 Å². The molecule has 0 spiro atoms. The summed E-state index contributed by atoms with van der Waals surface area (Å²) < 4.78 is 50.7. The molecule has 260 valence electrons. The minimum atomic E-state index is -4.92. The summed E-state index contributed by atoms with van der Waals surface area (Å²) in [4.78, 5) is 68.0. The second-order valence-corrected chi connectivity index (χ2v) is 13.4. The molecule has 2 heterocycles. The van der Waals surface area contributed by atoms with Crippen molar-refractivity contribution in [2.24, 2.45) is 16.7 Å². The fourth-order valence-corrected chi connectivity index (χ4v) is 5.32. The summed E-state index contributed by atoms with van der Waals surface area (Å²) in [5.41, 5.74) is -3.12. The molecule has 1 aromatic carbocycles. The lowest BCUT2D eigenvalue weighted by atomic mass is 9.76. The van der Waals surface area contributed by atoms with Crippen LogP contribution in [0, 0.1) is 16.7 Å². The van der Waals surface area contributed by atoms with Crippen LogP contribution in [0.25, 0.3) is 10.9 Å². The lowest BCUT2D eigenvalue weighted by molar-refractivity contribution is -0.224. The maximum absolute atomic E-state index is 13.7. The molecule has 1 aromatic heterocycles. The third-order valence-corrected chi connectivity index (χ3v) is 8.20. The number of rotatable bonds is 15. The summed E-state index contributed by atoms with van der Waals surface area (Å²) in [7, 11) is 0. The predicted molar refractivity (Wildman–Crippen MR) is 168 cm³/mol. The zero-order valence-corrected chi connectivity index (χ0v) is 27.6. The van der Waals surface area contributed by atoms with Crippen LogP contribution in [-0.4, -0.2) is 78.9 Å². The van der Waals surface area contributed by atoms with E-state index in [1.807, 2.05) is 27.7 Å². The molecule has 11 nitrogen and oxygen atoms in total. The van der Waals surface area contributed by atoms with Crippen LogP contribution in [0.4, 0.5) is 13.2 Å². The Kier molecular flexibility index (Phi) is 12.2. The number of H-pyrrole nitrogens is 1. The van der Waals surface area contributed by atoms with Gasteiger partial charge >= 0.3 is 12.1 Å². The standard InChI is InChI=1S/C33H45F3N4O7/c1-19(2)13-23(39-29(44)24-14-21-22(38-24)9-7-10-27(21)47-20(3)4)28(43)40-25(15-32(18-41)11-8-12-37-17-32)26(42)16-46-30(45)31(5,6)33(34,35)36/h7,9-10,14,18-20,23,25,37-38H,8,11-13,15-17H2,1-6H3,(H,39,44)(H,40,43)/t23-,25-,32-/m0/s1. The van der Waals surface area contributed by atoms with E-state index in [-0.39, 0.29) is 37.1 Å². The van der Waals surface area contributed by atoms with Gasteiger partial charge in [0.25, 0.3) is 5.91 Å². The van der Waals surface area contributed by atoms with Crippen molar-refractivity contribution in [2.45, 2.75) is 91.6 Å². The second-order valence-electron chi connectivity index (χ2n) is 13.4. The molecule has 4 N–H and O–H groups in total. The molecule has 3 rings (SSSR count). The first-order chi connectivity index (χ1) is 21.9. The SMILES string of the molecule is CC(C)C[C@H](NC(=O)c1cc2c(OC(C)C)cccc2[nH]1)C(=O)N[C@@H](C[C@@]1(C=O)CCCNC1)C(=O)COC(=O)C(C)(C)C(F)(F)F. The topological polar surface area (TPSA) is 156 Å². The summed E-state index contributed by atoms with van der Waals surface area (Å²) in [5, 5.41) is 9.08. The van der Waals surface area contributed by atoms with Gasteiger partial charge in [0.1, 0.15) is 23.8 Å². The Bertz CT molecular complexity index is 1450. The zero-order chi connectivity index (χ0) is 35.2. The fourth-order valence-electron chi connectivity index (χ4n) is 5.32. The van der Waals surface area contributed by atoms with Crippen molar-refractivity contribution in [2.75, 3.05) is 19.7 Å². The molecule has 2 amide bonds. The van der Waals surface area contributed by atoms with E-state index >= 15 is 0 Å². The van der Waals surface area contributed by atoms with Crippen LogP contribution in [0.3, 0.4) is 0 Å². The van der Waals surface area contributed by atoms with Crippen molar-refractivity contribution in [3.05, 3.63) is 30.0 Å². The zero-order valence-electron chi connectivity index (χ0n) is 27.6. The number of benzene rings is 1. The summed E-state index contributed by atoms with van der Waals surface area (Å²) in [6.45, 7) is 8.51. The Balaban J connectivity index is 1.84. The highest BCUT2D eigenvalue weighted by atomic mass is 19.4. The van der Waals surface area contributed by atoms with Gasteiger partial charge in [-0.1, -0.05) is 19.9 Å². The molecule has 3 atom stereocenters. The highest BCUT2D eigenvalue weighted by Crippen LogP contribution is 2.38. The Hall–Kier alpha value is -3.94. The lowest BCUT2D eigenvalue weighted by Gasteiger charge is -2.36. The fraction of sp³-hybridized carbons (Fsp3) is 0.606. The molecule has 2 aromatic rings. The maximum atomic E-state index is 13.7. The number of aldehydes is 1. The van der Waals surface area contributed by atoms with Gasteiger partial charge < -0.3 is 35.2 Å². The van der Waals surface area contributed by atoms with Gasteiger partial charge in [0.05, 0.1) is 12.1 Å². The van der Waals surface area contributed by atoms with Crippen LogP contribution in [-0.2, 0) is 23.9 Å². The average molecular weight is 667 g/mol. The maximum Gasteiger partial charge on any atom is 0.404 e. The number of piperidine rings is 1. The van der Waals surface area contributed by atoms with E-state index in [9.17, 15) is 37.1 Å². The van der Waals surface area contributed by atoms with Crippen LogP contribution >= 0.6 is 0 Å². The van der Waals surface area contributed by atoms with Gasteiger partial charge in [-0.2, -0.15) is 13.2 Å². The Morgan fingerprint density at radius 2 is 1.77 bits per heavy atom. The van der Waals surface area contributed by atoms with Crippen molar-refractivity contribution in [3.8, 4) is 5.75 Å². The summed E-state index contributed by atoms with van der Waals surface area (Å²) in [6.07, 6.45) is -3.32. The van der Waals surface area contributed by atoms with Crippen molar-refractivity contribution >= 4 is 40.8 Å². The first-order valence-corrected chi connectivity index (χ1v) is 15.7. The van der Waals surface area contributed by atoms with Crippen LogP contribution in [0.5, 0.6) is 5.75 Å². The number of nitrogens with one attached hydrogen (secondary N) is 4. The van der Waals surface area contributed by atoms with Crippen molar-refractivity contribution in [3.63, 3.8) is 0 Å². The number of amides is 2. The number of hydrogen-bond acceptors (Lipinski definition) is 8. The molecule has 0 bridgehead atoms. The van der Waals surface area contributed by atoms with Crippen LogP contribution in [0.1, 0.15) is 77.7 Å². The van der Waals surface area contributed by atoms with Gasteiger partial charge in [0.2, 0.25) is 5.91 Å². The number of aromatic nitrogens is 1. The number of hydrogen-bond donors (Lipinski definition) is 4. The number of Topliss-reactive ketones (excluding diaryl/α,β-unsaturated/α-hetero) is 1. The highest BCUT2D eigenvalue weighted by Gasteiger charge is 2.54. The number of carbonyl (C=O) groups excluding carboxylic acids is 5. The van der Waals surface area contributed by atoms with Crippen LogP contribution < -0.4 is 20.7 Å². The molecule has 1 aliphatic rings. The van der Waals surface area contributed by atoms with Gasteiger partial charge in [-0.25, -0.2) is 0 Å². The van der Waals surface area contributed by atoms with Gasteiger partial charge in [-0.05, 0) is 84.0 Å². The van der Waals surface area contributed by atoms with Gasteiger partial charge in [0.15, 0.2) is 17.8 Å². The number of carbonyl (C=O) groups is 5. The summed E-state index contributed by atoms with van der Waals surface area (Å²) in [5.74, 6) is -3.38. The van der Waals surface area contributed by atoms with Crippen molar-refractivity contribution in [1.29, 1.82) is 0 Å². The Labute approximate surface area is 272 Å². The molecule has 1 saturated heterocycles. The van der Waals surface area contributed by atoms with E-state index in [4.69, 9.17) is 9.47 Å². The van der Waals surface area contributed by atoms with Crippen molar-refractivity contribution < 1.29 is 46.6 Å². The number of ether oxygens (including phenoxy) is 2. The van der Waals surface area contributed by atoms with E-state index in [0.29, 0.717) is 56.2 Å². The Morgan fingerprint density at radius 3 is 2.34 bits per heavy atom. The van der Waals surface area contributed by atoms with Crippen LogP contribution in [0.15, 0.2) is 24.3 Å². The molecule has 0 unspecified atom stereocenters. The highest BCUT2D eigenvalue weighted by molar-refractivity contribution is 6.02. The largest absolute Gasteiger partial charge is 0.490 e. The van der Waals surface area contributed by atoms with E-state index in [0.717, 1.165) is 0 Å². The first kappa shape index (κ1) is 37.5. The predicted octanol–water partition coefficient (Wildman–Crippen LogP) is 4.24. The van der Waals surface area contributed by atoms with E-state index < -0.39 is 59.3 Å². The summed E-state index contributed by atoms with van der Waals surface area (Å²) >= 11 is 0. The molecule has 0 radical (unpaired) electrons. The second kappa shape index (κ2) is 15.3. The van der Waals surface area contributed by atoms with E-state index in [1.54, 1.807) is 24.3 Å². The monoisotopic (exact) mass is 666 g/mol. The molecule has 0 saturated carbocycles. The normalized spacial score (nSPS) is 18.4. The smallest absolute Gasteiger partial charge is 0.404 e. The minimum Gasteiger partial charge on any atom is -0.490 e. The van der Waals surface area contributed by atoms with Gasteiger partial charge in [-0.3, -0.25) is 19.2 Å². The number of esters is 1. The number of ketones is 1. The summed E-state index contributed by atoms with van der Waals surface area (Å²) in [6, 6.07) is 4.42. The molecule has 1 fully saturated rings. The number of alkyl halides is 3. The number of fused-ring (bicyclic) bond motifs is 1. The van der Waals surface area contributed by atoms with Gasteiger partial charge in [-0.15, -0.1) is 0 Å². The third kappa shape index (κ3) is 9.55. The number of halogens is 3. The molecule has 14 heteroatoms. The third-order valence-electron chi connectivity index (χ3n) is 8.20. The molecule has 0 aliphatic carbocycles. The van der Waals surface area contributed by atoms with E-state index in [2.05, 4.69) is 20.9 Å². The molecule has 47 heavy (non-hydrogen) atoms. The first-order valence-electron chi connectivity index (χ1n) is 15.7. The Morgan fingerprint density at radius 1 is 1.06 bits per heavy atom. The van der Waals surface area contributed by atoms with Crippen molar-refractivity contribution in [1.82, 2.24) is 20.9 Å². The number of aromatic amines is 1. The molecule has 1 aliphatic heterocycles. The quantitative estimate of drug-likeness (QED) is 0.163. The average Bonchev–Trinajstić information content (AvgIpc) is 3.44. The van der Waals surface area contributed by atoms with E-state index in [1.165, 1.54) is 0 Å². The molecular formula is C33H45F3N4O7. The molecular weight excluding hydrogens is 621 g/mol. The lowest BCUT2D eigenvalue weighted by Crippen LogP contribution is -2.55.